The lowest BCUT2D eigenvalue weighted by Gasteiger charge is -2.35. The van der Waals surface area contributed by atoms with E-state index in [1.165, 1.54) is 32.5 Å². The predicted molar refractivity (Wildman–Crippen MR) is 72.4 cm³/mol. The molecule has 1 unspecified atom stereocenters. The molecule has 102 valence electrons. The van der Waals surface area contributed by atoms with Gasteiger partial charge in [-0.15, -0.1) is 0 Å². The molecule has 0 aromatic carbocycles. The molecule has 4 nitrogen and oxygen atoms in total. The summed E-state index contributed by atoms with van der Waals surface area (Å²) in [5, 5.41) is 3.32. The molecule has 1 fully saturated rings. The normalized spacial score (nSPS) is 21.0. The standard InChI is InChI=1S/C13H29N3O/c1-14-13(11-17-4)10-16-7-5-12(6-8-16)9-15(2)3/h12-14H,5-11H2,1-4H3. The van der Waals surface area contributed by atoms with Gasteiger partial charge in [0.25, 0.3) is 0 Å². The van der Waals surface area contributed by atoms with Crippen molar-refractivity contribution in [2.75, 3.05) is 61.0 Å². The van der Waals surface area contributed by atoms with E-state index in [4.69, 9.17) is 4.74 Å². The van der Waals surface area contributed by atoms with E-state index >= 15 is 0 Å². The van der Waals surface area contributed by atoms with Crippen LogP contribution in [-0.4, -0.2) is 76.9 Å². The molecule has 17 heavy (non-hydrogen) atoms. The Bertz CT molecular complexity index is 191. The number of piperidine rings is 1. The monoisotopic (exact) mass is 243 g/mol. The van der Waals surface area contributed by atoms with Crippen molar-refractivity contribution in [2.45, 2.75) is 18.9 Å². The van der Waals surface area contributed by atoms with Crippen molar-refractivity contribution in [3.8, 4) is 0 Å². The third-order valence-electron chi connectivity index (χ3n) is 3.59. The Hall–Kier alpha value is -0.160. The molecule has 0 amide bonds. The maximum atomic E-state index is 5.21. The summed E-state index contributed by atoms with van der Waals surface area (Å²) in [6.45, 7) is 5.62. The molecule has 1 N–H and O–H groups in total. The second-order valence-electron chi connectivity index (χ2n) is 5.45. The molecular formula is C13H29N3O. The quantitative estimate of drug-likeness (QED) is 0.704. The van der Waals surface area contributed by atoms with Gasteiger partial charge in [0.05, 0.1) is 6.61 Å². The first-order chi connectivity index (χ1) is 8.15. The van der Waals surface area contributed by atoms with E-state index < -0.39 is 0 Å². The van der Waals surface area contributed by atoms with E-state index in [2.05, 4.69) is 29.2 Å². The minimum atomic E-state index is 0.463. The third-order valence-corrected chi connectivity index (χ3v) is 3.59. The Balaban J connectivity index is 2.22. The van der Waals surface area contributed by atoms with Gasteiger partial charge in [-0.1, -0.05) is 0 Å². The summed E-state index contributed by atoms with van der Waals surface area (Å²) in [5.74, 6) is 0.886. The zero-order valence-corrected chi connectivity index (χ0v) is 11.9. The molecule has 1 aliphatic heterocycles. The Labute approximate surface area is 106 Å². The second-order valence-corrected chi connectivity index (χ2v) is 5.45. The number of nitrogens with zero attached hydrogens (tertiary/aromatic N) is 2. The van der Waals surface area contributed by atoms with Crippen LogP contribution in [-0.2, 0) is 4.74 Å². The molecule has 0 saturated carbocycles. The molecule has 4 heteroatoms. The molecular weight excluding hydrogens is 214 g/mol. The summed E-state index contributed by atoms with van der Waals surface area (Å²) < 4.78 is 5.21. The van der Waals surface area contributed by atoms with Crippen LogP contribution in [0.5, 0.6) is 0 Å². The van der Waals surface area contributed by atoms with Crippen molar-refractivity contribution < 1.29 is 4.74 Å². The summed E-state index contributed by atoms with van der Waals surface area (Å²) in [7, 11) is 8.13. The maximum Gasteiger partial charge on any atom is 0.0628 e. The van der Waals surface area contributed by atoms with Crippen molar-refractivity contribution in [2.24, 2.45) is 5.92 Å². The number of rotatable bonds is 7. The minimum absolute atomic E-state index is 0.463. The van der Waals surface area contributed by atoms with Crippen LogP contribution in [0.1, 0.15) is 12.8 Å². The van der Waals surface area contributed by atoms with Gasteiger partial charge in [-0.3, -0.25) is 0 Å². The van der Waals surface area contributed by atoms with Gasteiger partial charge in [0, 0.05) is 26.2 Å². The highest BCUT2D eigenvalue weighted by molar-refractivity contribution is 4.77. The van der Waals surface area contributed by atoms with Crippen molar-refractivity contribution in [1.29, 1.82) is 0 Å². The first-order valence-corrected chi connectivity index (χ1v) is 6.69. The van der Waals surface area contributed by atoms with Gasteiger partial charge in [-0.05, 0) is 53.0 Å². The highest BCUT2D eigenvalue weighted by atomic mass is 16.5. The molecule has 0 aliphatic carbocycles. The van der Waals surface area contributed by atoms with Crippen LogP contribution in [0.3, 0.4) is 0 Å². The topological polar surface area (TPSA) is 27.7 Å². The lowest BCUT2D eigenvalue weighted by atomic mass is 9.96. The summed E-state index contributed by atoms with van der Waals surface area (Å²) in [6, 6.07) is 0.463. The smallest absolute Gasteiger partial charge is 0.0628 e. The van der Waals surface area contributed by atoms with E-state index in [-0.39, 0.29) is 0 Å². The minimum Gasteiger partial charge on any atom is -0.383 e. The average Bonchev–Trinajstić information content (AvgIpc) is 2.30. The van der Waals surface area contributed by atoms with Crippen LogP contribution in [0, 0.1) is 5.92 Å². The van der Waals surface area contributed by atoms with Crippen LogP contribution in [0.15, 0.2) is 0 Å². The van der Waals surface area contributed by atoms with E-state index in [0.717, 1.165) is 19.1 Å². The summed E-state index contributed by atoms with van der Waals surface area (Å²) in [6.07, 6.45) is 2.67. The van der Waals surface area contributed by atoms with Crippen LogP contribution >= 0.6 is 0 Å². The van der Waals surface area contributed by atoms with Gasteiger partial charge in [-0.25, -0.2) is 0 Å². The largest absolute Gasteiger partial charge is 0.383 e. The van der Waals surface area contributed by atoms with Crippen molar-refractivity contribution in [1.82, 2.24) is 15.1 Å². The maximum absolute atomic E-state index is 5.21. The van der Waals surface area contributed by atoms with Crippen LogP contribution < -0.4 is 5.32 Å². The van der Waals surface area contributed by atoms with Gasteiger partial charge >= 0.3 is 0 Å². The third kappa shape index (κ3) is 5.82. The highest BCUT2D eigenvalue weighted by Crippen LogP contribution is 2.17. The Morgan fingerprint density at radius 2 is 2.00 bits per heavy atom. The lowest BCUT2D eigenvalue weighted by molar-refractivity contribution is 0.115. The van der Waals surface area contributed by atoms with E-state index in [1.807, 2.05) is 7.05 Å². The Morgan fingerprint density at radius 1 is 1.35 bits per heavy atom. The predicted octanol–water partition coefficient (Wildman–Crippen LogP) is 0.494. The molecule has 1 saturated heterocycles. The number of likely N-dealkylation sites (tertiary alicyclic amines) is 1. The molecule has 1 heterocycles. The molecule has 0 radical (unpaired) electrons. The molecule has 0 aromatic rings. The van der Waals surface area contributed by atoms with Gasteiger partial charge in [-0.2, -0.15) is 0 Å². The number of likely N-dealkylation sites (N-methyl/N-ethyl adjacent to an activating group) is 1. The fourth-order valence-electron chi connectivity index (χ4n) is 2.61. The lowest BCUT2D eigenvalue weighted by Crippen LogP contribution is -2.46. The van der Waals surface area contributed by atoms with E-state index in [9.17, 15) is 0 Å². The van der Waals surface area contributed by atoms with Gasteiger partial charge in [0.2, 0.25) is 0 Å². The number of nitrogens with one attached hydrogen (secondary N) is 1. The highest BCUT2D eigenvalue weighted by Gasteiger charge is 2.21. The van der Waals surface area contributed by atoms with E-state index in [0.29, 0.717) is 6.04 Å². The van der Waals surface area contributed by atoms with Gasteiger partial charge < -0.3 is 19.9 Å². The van der Waals surface area contributed by atoms with Gasteiger partial charge in [0.1, 0.15) is 0 Å². The van der Waals surface area contributed by atoms with Crippen molar-refractivity contribution >= 4 is 0 Å². The van der Waals surface area contributed by atoms with Crippen molar-refractivity contribution in [3.05, 3.63) is 0 Å². The summed E-state index contributed by atoms with van der Waals surface area (Å²) in [4.78, 5) is 4.87. The Kier molecular flexibility index (Phi) is 7.04. The molecule has 1 atom stereocenters. The van der Waals surface area contributed by atoms with Gasteiger partial charge in [0.15, 0.2) is 0 Å². The molecule has 1 aliphatic rings. The SMILES string of the molecule is CNC(COC)CN1CCC(CN(C)C)CC1. The van der Waals surface area contributed by atoms with Crippen LogP contribution in [0.4, 0.5) is 0 Å². The fraction of sp³-hybridized carbons (Fsp3) is 1.00. The molecule has 0 bridgehead atoms. The number of ether oxygens (including phenoxy) is 1. The molecule has 0 spiro atoms. The van der Waals surface area contributed by atoms with Crippen LogP contribution in [0.2, 0.25) is 0 Å². The first-order valence-electron chi connectivity index (χ1n) is 6.69. The Morgan fingerprint density at radius 3 is 2.47 bits per heavy atom. The zero-order valence-electron chi connectivity index (χ0n) is 11.9. The average molecular weight is 243 g/mol. The zero-order chi connectivity index (χ0) is 12.7. The van der Waals surface area contributed by atoms with Crippen molar-refractivity contribution in [3.63, 3.8) is 0 Å². The summed E-state index contributed by atoms with van der Waals surface area (Å²) >= 11 is 0. The first kappa shape index (κ1) is 14.9. The summed E-state index contributed by atoms with van der Waals surface area (Å²) in [5.41, 5.74) is 0. The number of methoxy groups -OCH3 is 1. The van der Waals surface area contributed by atoms with E-state index in [1.54, 1.807) is 7.11 Å². The number of hydrogen-bond donors (Lipinski definition) is 1. The fourth-order valence-corrected chi connectivity index (χ4v) is 2.61. The second kappa shape index (κ2) is 8.03. The molecule has 0 aromatic heterocycles. The van der Waals surface area contributed by atoms with Crippen LogP contribution in [0.25, 0.3) is 0 Å². The number of hydrogen-bond acceptors (Lipinski definition) is 4. The molecule has 1 rings (SSSR count).